The molecule has 0 bridgehead atoms. The van der Waals surface area contributed by atoms with Gasteiger partial charge >= 0.3 is 0 Å². The lowest BCUT2D eigenvalue weighted by Crippen LogP contribution is -1.86. The van der Waals surface area contributed by atoms with Gasteiger partial charge in [0, 0.05) is 0 Å². The molecule has 0 aromatic rings. The maximum absolute atomic E-state index is 2.28. The average Bonchev–Trinajstić information content (AvgIpc) is 1.83. The van der Waals surface area contributed by atoms with Gasteiger partial charge in [0.05, 0.1) is 0 Å². The third kappa shape index (κ3) is 3.91. The van der Waals surface area contributed by atoms with E-state index < -0.39 is 0 Å². The SMILES string of the molecule is C/C=C\CC(C)CC. The molecule has 0 N–H and O–H groups in total. The predicted octanol–water partition coefficient (Wildman–Crippen LogP) is 3.00. The fourth-order valence-corrected chi connectivity index (χ4v) is 0.535. The summed E-state index contributed by atoms with van der Waals surface area (Å²) in [5.74, 6) is 0.867. The zero-order valence-corrected chi connectivity index (χ0v) is 6.15. The first-order valence-electron chi connectivity index (χ1n) is 3.42. The number of rotatable bonds is 3. The molecule has 0 aliphatic rings. The highest BCUT2D eigenvalue weighted by Crippen LogP contribution is 2.05. The van der Waals surface area contributed by atoms with Gasteiger partial charge in [-0.05, 0) is 19.3 Å². The number of hydrogen-bond acceptors (Lipinski definition) is 0. The first-order chi connectivity index (χ1) is 3.81. The summed E-state index contributed by atoms with van der Waals surface area (Å²) in [6, 6.07) is 0. The third-order valence-electron chi connectivity index (χ3n) is 1.47. The molecular formula is C8H16. The molecule has 0 aliphatic carbocycles. The Labute approximate surface area is 52.6 Å². The second-order valence-electron chi connectivity index (χ2n) is 2.32. The molecule has 48 valence electrons. The van der Waals surface area contributed by atoms with E-state index >= 15 is 0 Å². The van der Waals surface area contributed by atoms with Gasteiger partial charge in [-0.3, -0.25) is 0 Å². The summed E-state index contributed by atoms with van der Waals surface area (Å²) in [7, 11) is 0. The Balaban J connectivity index is 3.10. The second-order valence-corrected chi connectivity index (χ2v) is 2.32. The lowest BCUT2D eigenvalue weighted by molar-refractivity contribution is 0.572. The predicted molar refractivity (Wildman–Crippen MR) is 38.9 cm³/mol. The van der Waals surface area contributed by atoms with Crippen LogP contribution in [0.15, 0.2) is 12.2 Å². The Morgan fingerprint density at radius 2 is 2.12 bits per heavy atom. The molecule has 0 radical (unpaired) electrons. The van der Waals surface area contributed by atoms with Gasteiger partial charge in [-0.25, -0.2) is 0 Å². The van der Waals surface area contributed by atoms with Crippen molar-refractivity contribution in [3.8, 4) is 0 Å². The van der Waals surface area contributed by atoms with Gasteiger partial charge in [0.25, 0.3) is 0 Å². The Bertz CT molecular complexity index is 62.4. The van der Waals surface area contributed by atoms with Crippen molar-refractivity contribution in [2.75, 3.05) is 0 Å². The molecule has 0 aromatic carbocycles. The molecule has 1 atom stereocenters. The smallest absolute Gasteiger partial charge is 0.0325 e. The monoisotopic (exact) mass is 112 g/mol. The summed E-state index contributed by atoms with van der Waals surface area (Å²) in [6.45, 7) is 6.58. The van der Waals surface area contributed by atoms with Crippen LogP contribution < -0.4 is 0 Å². The van der Waals surface area contributed by atoms with Gasteiger partial charge in [-0.2, -0.15) is 0 Å². The minimum absolute atomic E-state index is 0.867. The van der Waals surface area contributed by atoms with Crippen LogP contribution in [0.5, 0.6) is 0 Å². The standard InChI is InChI=1S/C8H16/c1-4-6-7-8(3)5-2/h4,6,8H,5,7H2,1-3H3/b6-4-. The van der Waals surface area contributed by atoms with Gasteiger partial charge in [-0.15, -0.1) is 0 Å². The first kappa shape index (κ1) is 7.74. The van der Waals surface area contributed by atoms with Crippen LogP contribution in [0, 0.1) is 5.92 Å². The quantitative estimate of drug-likeness (QED) is 0.492. The second kappa shape index (κ2) is 4.89. The van der Waals surface area contributed by atoms with Crippen molar-refractivity contribution in [3.05, 3.63) is 12.2 Å². The van der Waals surface area contributed by atoms with Crippen molar-refractivity contribution >= 4 is 0 Å². The Morgan fingerprint density at radius 1 is 1.50 bits per heavy atom. The van der Waals surface area contributed by atoms with Crippen LogP contribution >= 0.6 is 0 Å². The molecule has 0 aliphatic heterocycles. The van der Waals surface area contributed by atoms with Crippen LogP contribution in [-0.2, 0) is 0 Å². The summed E-state index contributed by atoms with van der Waals surface area (Å²) >= 11 is 0. The molecule has 0 spiro atoms. The molecule has 1 unspecified atom stereocenters. The summed E-state index contributed by atoms with van der Waals surface area (Å²) in [4.78, 5) is 0. The first-order valence-corrected chi connectivity index (χ1v) is 3.42. The van der Waals surface area contributed by atoms with Crippen molar-refractivity contribution in [2.45, 2.75) is 33.6 Å². The average molecular weight is 112 g/mol. The molecule has 0 amide bonds. The van der Waals surface area contributed by atoms with Crippen molar-refractivity contribution in [1.82, 2.24) is 0 Å². The summed E-state index contributed by atoms with van der Waals surface area (Å²) < 4.78 is 0. The molecule has 0 fully saturated rings. The Hall–Kier alpha value is -0.260. The fourth-order valence-electron chi connectivity index (χ4n) is 0.535. The lowest BCUT2D eigenvalue weighted by Gasteiger charge is -2.00. The van der Waals surface area contributed by atoms with Crippen molar-refractivity contribution < 1.29 is 0 Å². The highest BCUT2D eigenvalue weighted by molar-refractivity contribution is 4.78. The number of allylic oxidation sites excluding steroid dienone is 2. The van der Waals surface area contributed by atoms with E-state index in [1.165, 1.54) is 12.8 Å². The minimum Gasteiger partial charge on any atom is -0.0917 e. The van der Waals surface area contributed by atoms with Gasteiger partial charge < -0.3 is 0 Å². The molecule has 0 rings (SSSR count). The van der Waals surface area contributed by atoms with Crippen molar-refractivity contribution in [3.63, 3.8) is 0 Å². The normalized spacial score (nSPS) is 14.9. The fraction of sp³-hybridized carbons (Fsp3) is 0.750. The lowest BCUT2D eigenvalue weighted by atomic mass is 10.1. The molecule has 0 saturated heterocycles. The van der Waals surface area contributed by atoms with E-state index in [0.29, 0.717) is 0 Å². The Kier molecular flexibility index (Phi) is 4.73. The zero-order valence-electron chi connectivity index (χ0n) is 6.15. The topological polar surface area (TPSA) is 0 Å². The van der Waals surface area contributed by atoms with E-state index in [2.05, 4.69) is 32.9 Å². The number of hydrogen-bond donors (Lipinski definition) is 0. The summed E-state index contributed by atoms with van der Waals surface area (Å²) in [5, 5.41) is 0. The van der Waals surface area contributed by atoms with Gasteiger partial charge in [0.15, 0.2) is 0 Å². The van der Waals surface area contributed by atoms with Crippen LogP contribution in [0.3, 0.4) is 0 Å². The van der Waals surface area contributed by atoms with E-state index in [4.69, 9.17) is 0 Å². The molecule has 0 heteroatoms. The molecular weight excluding hydrogens is 96.1 g/mol. The zero-order chi connectivity index (χ0) is 6.41. The maximum atomic E-state index is 2.28. The van der Waals surface area contributed by atoms with E-state index in [-0.39, 0.29) is 0 Å². The summed E-state index contributed by atoms with van der Waals surface area (Å²) in [6.07, 6.45) is 6.89. The van der Waals surface area contributed by atoms with Crippen molar-refractivity contribution in [2.24, 2.45) is 5.92 Å². The van der Waals surface area contributed by atoms with Crippen LogP contribution in [0.2, 0.25) is 0 Å². The van der Waals surface area contributed by atoms with Crippen LogP contribution in [0.25, 0.3) is 0 Å². The van der Waals surface area contributed by atoms with Gasteiger partial charge in [0.1, 0.15) is 0 Å². The Morgan fingerprint density at radius 3 is 2.50 bits per heavy atom. The minimum atomic E-state index is 0.867. The molecule has 0 saturated carbocycles. The molecule has 0 heterocycles. The molecule has 8 heavy (non-hydrogen) atoms. The largest absolute Gasteiger partial charge is 0.0917 e. The molecule has 0 aromatic heterocycles. The van der Waals surface area contributed by atoms with Gasteiger partial charge in [0.2, 0.25) is 0 Å². The van der Waals surface area contributed by atoms with Crippen LogP contribution in [0.4, 0.5) is 0 Å². The van der Waals surface area contributed by atoms with E-state index in [1.807, 2.05) is 0 Å². The molecule has 0 nitrogen and oxygen atoms in total. The van der Waals surface area contributed by atoms with Crippen molar-refractivity contribution in [1.29, 1.82) is 0 Å². The summed E-state index contributed by atoms with van der Waals surface area (Å²) in [5.41, 5.74) is 0. The van der Waals surface area contributed by atoms with E-state index in [0.717, 1.165) is 5.92 Å². The highest BCUT2D eigenvalue weighted by atomic mass is 14.0. The van der Waals surface area contributed by atoms with Crippen LogP contribution in [0.1, 0.15) is 33.6 Å². The van der Waals surface area contributed by atoms with E-state index in [1.54, 1.807) is 0 Å². The van der Waals surface area contributed by atoms with Gasteiger partial charge in [-0.1, -0.05) is 32.4 Å². The third-order valence-corrected chi connectivity index (χ3v) is 1.47. The maximum Gasteiger partial charge on any atom is -0.0325 e. The van der Waals surface area contributed by atoms with E-state index in [9.17, 15) is 0 Å². The van der Waals surface area contributed by atoms with Crippen LogP contribution in [-0.4, -0.2) is 0 Å². The highest BCUT2D eigenvalue weighted by Gasteiger charge is 1.91.